The Morgan fingerprint density at radius 3 is 2.43 bits per heavy atom. The van der Waals surface area contributed by atoms with E-state index in [2.05, 4.69) is 49.7 Å². The first-order valence-electron chi connectivity index (χ1n) is 9.92. The number of ether oxygens (including phenoxy) is 1. The van der Waals surface area contributed by atoms with Gasteiger partial charge >= 0.3 is 0 Å². The van der Waals surface area contributed by atoms with Gasteiger partial charge in [0.05, 0.1) is 23.3 Å². The van der Waals surface area contributed by atoms with Crippen LogP contribution in [-0.4, -0.2) is 52.9 Å². The molecular weight excluding hydrogens is 423 g/mol. The molecule has 0 spiro atoms. The van der Waals surface area contributed by atoms with Crippen LogP contribution in [0.4, 0.5) is 17.6 Å². The van der Waals surface area contributed by atoms with E-state index in [1.54, 1.807) is 12.1 Å². The maximum Gasteiger partial charge on any atom is 0.248 e. The molecule has 0 saturated carbocycles. The van der Waals surface area contributed by atoms with Gasteiger partial charge in [-0.2, -0.15) is 4.98 Å². The number of aromatic nitrogens is 3. The molecule has 9 heteroatoms. The van der Waals surface area contributed by atoms with E-state index in [0.717, 1.165) is 56.8 Å². The fourth-order valence-electron chi connectivity index (χ4n) is 3.55. The van der Waals surface area contributed by atoms with E-state index in [1.807, 2.05) is 0 Å². The van der Waals surface area contributed by atoms with Crippen molar-refractivity contribution in [3.63, 3.8) is 0 Å². The molecule has 0 bridgehead atoms. The average molecular weight is 447 g/mol. The molecule has 7 nitrogen and oxygen atoms in total. The zero-order valence-electron chi connectivity index (χ0n) is 16.5. The Labute approximate surface area is 185 Å². The summed E-state index contributed by atoms with van der Waals surface area (Å²) in [5.74, 6) is 0.588. The lowest BCUT2D eigenvalue weighted by Crippen LogP contribution is -2.36. The Morgan fingerprint density at radius 1 is 1.10 bits per heavy atom. The zero-order chi connectivity index (χ0) is 20.9. The summed E-state index contributed by atoms with van der Waals surface area (Å²) in [7, 11) is 0. The summed E-state index contributed by atoms with van der Waals surface area (Å²) in [6.07, 6.45) is 2.18. The minimum atomic E-state index is 0.233. The maximum atomic E-state index is 6.54. The van der Waals surface area contributed by atoms with Crippen molar-refractivity contribution in [1.82, 2.24) is 20.1 Å². The number of nitrogen functional groups attached to an aromatic ring is 1. The van der Waals surface area contributed by atoms with Crippen LogP contribution < -0.4 is 11.1 Å². The molecule has 1 aliphatic rings. The first-order valence-corrected chi connectivity index (χ1v) is 10.7. The van der Waals surface area contributed by atoms with Crippen molar-refractivity contribution in [1.29, 1.82) is 0 Å². The third-order valence-electron chi connectivity index (χ3n) is 5.09. The van der Waals surface area contributed by atoms with Crippen LogP contribution in [-0.2, 0) is 11.2 Å². The van der Waals surface area contributed by atoms with Crippen LogP contribution in [0, 0.1) is 0 Å². The Morgan fingerprint density at radius 2 is 1.80 bits per heavy atom. The van der Waals surface area contributed by atoms with Crippen LogP contribution >= 0.6 is 23.2 Å². The topological polar surface area (TPSA) is 92.1 Å². The second-order valence-electron chi connectivity index (χ2n) is 7.24. The van der Waals surface area contributed by atoms with Gasteiger partial charge < -0.3 is 15.8 Å². The molecule has 1 saturated heterocycles. The number of rotatable bonds is 7. The van der Waals surface area contributed by atoms with Gasteiger partial charge in [-0.3, -0.25) is 4.90 Å². The summed E-state index contributed by atoms with van der Waals surface area (Å²) in [6.45, 7) is 4.86. The summed E-state index contributed by atoms with van der Waals surface area (Å²) in [6, 6.07) is 12.0. The zero-order valence-corrected chi connectivity index (χ0v) is 18.0. The number of halogens is 2. The number of benzene rings is 2. The van der Waals surface area contributed by atoms with Crippen LogP contribution in [0.2, 0.25) is 10.0 Å². The van der Waals surface area contributed by atoms with Crippen molar-refractivity contribution in [3.8, 4) is 11.1 Å². The molecule has 0 amide bonds. The molecule has 3 aromatic rings. The van der Waals surface area contributed by atoms with E-state index in [9.17, 15) is 0 Å². The molecule has 1 aliphatic heterocycles. The SMILES string of the molecule is Nc1nc(Nc2cc(Cl)c(-c3ccc(CCCN4CCOCC4)cc3)c(Cl)c2)n[nH]1. The van der Waals surface area contributed by atoms with Gasteiger partial charge in [0.1, 0.15) is 0 Å². The number of nitrogens with one attached hydrogen (secondary N) is 2. The van der Waals surface area contributed by atoms with Crippen molar-refractivity contribution in [3.05, 3.63) is 52.0 Å². The van der Waals surface area contributed by atoms with Crippen LogP contribution in [0.3, 0.4) is 0 Å². The first kappa shape index (κ1) is 20.9. The standard InChI is InChI=1S/C21H24Cl2N6O/c22-17-12-16(25-21-26-20(24)27-28-21)13-18(23)19(17)15-5-3-14(4-6-15)2-1-7-29-8-10-30-11-9-29/h3-6,12-13H,1-2,7-11H2,(H4,24,25,26,27,28). The van der Waals surface area contributed by atoms with Crippen LogP contribution in [0.25, 0.3) is 11.1 Å². The van der Waals surface area contributed by atoms with Crippen LogP contribution in [0.5, 0.6) is 0 Å². The Balaban J connectivity index is 1.40. The van der Waals surface area contributed by atoms with Crippen molar-refractivity contribution in [2.75, 3.05) is 43.9 Å². The Hall–Kier alpha value is -2.32. The van der Waals surface area contributed by atoms with E-state index in [-0.39, 0.29) is 5.95 Å². The number of H-pyrrole nitrogens is 1. The predicted molar refractivity (Wildman–Crippen MR) is 122 cm³/mol. The van der Waals surface area contributed by atoms with Gasteiger partial charge in [-0.05, 0) is 42.6 Å². The molecule has 0 unspecified atom stereocenters. The molecule has 4 rings (SSSR count). The monoisotopic (exact) mass is 446 g/mol. The maximum absolute atomic E-state index is 6.54. The highest BCUT2D eigenvalue weighted by Gasteiger charge is 2.13. The highest BCUT2D eigenvalue weighted by Crippen LogP contribution is 2.38. The summed E-state index contributed by atoms with van der Waals surface area (Å²) in [5.41, 5.74) is 9.32. The first-order chi connectivity index (χ1) is 14.6. The molecule has 1 fully saturated rings. The molecule has 0 aliphatic carbocycles. The van der Waals surface area contributed by atoms with Crippen LogP contribution in [0.1, 0.15) is 12.0 Å². The minimum absolute atomic E-state index is 0.233. The molecule has 1 aromatic heterocycles. The molecule has 158 valence electrons. The fraction of sp³-hybridized carbons (Fsp3) is 0.333. The highest BCUT2D eigenvalue weighted by molar-refractivity contribution is 6.39. The highest BCUT2D eigenvalue weighted by atomic mass is 35.5. The molecule has 2 aromatic carbocycles. The van der Waals surface area contributed by atoms with Crippen molar-refractivity contribution in [2.45, 2.75) is 12.8 Å². The van der Waals surface area contributed by atoms with Gasteiger partial charge in [-0.1, -0.05) is 47.5 Å². The predicted octanol–water partition coefficient (Wildman–Crippen LogP) is 4.37. The summed E-state index contributed by atoms with van der Waals surface area (Å²) < 4.78 is 5.40. The van der Waals surface area contributed by atoms with Crippen molar-refractivity contribution < 1.29 is 4.74 Å². The second-order valence-corrected chi connectivity index (χ2v) is 8.05. The fourth-order valence-corrected chi connectivity index (χ4v) is 4.26. The molecular formula is C21H24Cl2N6O. The summed E-state index contributed by atoms with van der Waals surface area (Å²) in [5, 5.41) is 10.7. The molecule has 2 heterocycles. The Kier molecular flexibility index (Phi) is 6.74. The smallest absolute Gasteiger partial charge is 0.248 e. The molecule has 4 N–H and O–H groups in total. The normalized spacial score (nSPS) is 14.7. The third-order valence-corrected chi connectivity index (χ3v) is 5.68. The van der Waals surface area contributed by atoms with E-state index < -0.39 is 0 Å². The lowest BCUT2D eigenvalue weighted by molar-refractivity contribution is 0.0375. The lowest BCUT2D eigenvalue weighted by atomic mass is 10.0. The summed E-state index contributed by atoms with van der Waals surface area (Å²) >= 11 is 13.1. The quantitative estimate of drug-likeness (QED) is 0.498. The van der Waals surface area contributed by atoms with Crippen LogP contribution in [0.15, 0.2) is 36.4 Å². The molecule has 30 heavy (non-hydrogen) atoms. The number of aromatic amines is 1. The number of hydrogen-bond acceptors (Lipinski definition) is 6. The minimum Gasteiger partial charge on any atom is -0.379 e. The third kappa shape index (κ3) is 5.23. The second kappa shape index (κ2) is 9.66. The van der Waals surface area contributed by atoms with Gasteiger partial charge in [0.2, 0.25) is 11.9 Å². The molecule has 0 radical (unpaired) electrons. The van der Waals surface area contributed by atoms with Gasteiger partial charge in [0.15, 0.2) is 0 Å². The number of nitrogens with two attached hydrogens (primary N) is 1. The number of anilines is 3. The van der Waals surface area contributed by atoms with Gasteiger partial charge in [0, 0.05) is 24.3 Å². The summed E-state index contributed by atoms with van der Waals surface area (Å²) in [4.78, 5) is 6.47. The number of hydrogen-bond donors (Lipinski definition) is 3. The van der Waals surface area contributed by atoms with Gasteiger partial charge in [0.25, 0.3) is 0 Å². The average Bonchev–Trinajstić information content (AvgIpc) is 3.14. The largest absolute Gasteiger partial charge is 0.379 e. The van der Waals surface area contributed by atoms with E-state index >= 15 is 0 Å². The van der Waals surface area contributed by atoms with E-state index in [1.165, 1.54) is 5.56 Å². The lowest BCUT2D eigenvalue weighted by Gasteiger charge is -2.26. The number of nitrogens with zero attached hydrogens (tertiary/aromatic N) is 3. The Bertz CT molecular complexity index is 962. The van der Waals surface area contributed by atoms with Crippen molar-refractivity contribution >= 4 is 40.8 Å². The van der Waals surface area contributed by atoms with Gasteiger partial charge in [-0.25, -0.2) is 5.10 Å². The molecule has 0 atom stereocenters. The number of aryl methyl sites for hydroxylation is 1. The van der Waals surface area contributed by atoms with E-state index in [4.69, 9.17) is 33.7 Å². The van der Waals surface area contributed by atoms with Crippen molar-refractivity contribution in [2.24, 2.45) is 0 Å². The number of morpholine rings is 1. The van der Waals surface area contributed by atoms with E-state index in [0.29, 0.717) is 21.7 Å². The van der Waals surface area contributed by atoms with Gasteiger partial charge in [-0.15, -0.1) is 5.10 Å².